The van der Waals surface area contributed by atoms with Gasteiger partial charge in [-0.15, -0.1) is 0 Å². The summed E-state index contributed by atoms with van der Waals surface area (Å²) in [5.74, 6) is 6.94. The van der Waals surface area contributed by atoms with Crippen LogP contribution in [0.4, 0.5) is 0 Å². The number of carbonyl (C=O) groups is 1. The first-order valence-electron chi connectivity index (χ1n) is 8.67. The van der Waals surface area contributed by atoms with Gasteiger partial charge in [-0.1, -0.05) is 54.6 Å². The van der Waals surface area contributed by atoms with Crippen molar-refractivity contribution in [3.8, 4) is 5.75 Å². The fraction of sp³-hybridized carbons (Fsp3) is 0.136. The summed E-state index contributed by atoms with van der Waals surface area (Å²) < 4.78 is 7.27. The van der Waals surface area contributed by atoms with E-state index in [2.05, 4.69) is 0 Å². The summed E-state index contributed by atoms with van der Waals surface area (Å²) in [4.78, 5) is 13.5. The molecule has 0 bridgehead atoms. The molecule has 0 aliphatic heterocycles. The normalized spacial score (nSPS) is 11.2. The molecule has 0 saturated carbocycles. The van der Waals surface area contributed by atoms with Crippen molar-refractivity contribution in [2.24, 2.45) is 0 Å². The number of rotatable bonds is 4. The molecule has 1 heterocycles. The zero-order valence-corrected chi connectivity index (χ0v) is 14.8. The van der Waals surface area contributed by atoms with Crippen molar-refractivity contribution in [2.45, 2.75) is 13.8 Å². The second-order valence-corrected chi connectivity index (χ2v) is 6.27. The summed E-state index contributed by atoms with van der Waals surface area (Å²) in [5, 5.41) is 2.80. The van der Waals surface area contributed by atoms with Crippen LogP contribution in [-0.2, 0) is 0 Å². The Morgan fingerprint density at radius 1 is 1.00 bits per heavy atom. The lowest BCUT2D eigenvalue weighted by molar-refractivity contribution is 0.104. The Bertz CT molecular complexity index is 1140. The van der Waals surface area contributed by atoms with Crippen molar-refractivity contribution >= 4 is 27.5 Å². The van der Waals surface area contributed by atoms with E-state index in [9.17, 15) is 4.79 Å². The van der Waals surface area contributed by atoms with E-state index in [0.717, 1.165) is 27.4 Å². The van der Waals surface area contributed by atoms with E-state index in [1.807, 2.05) is 74.5 Å². The van der Waals surface area contributed by atoms with Crippen LogP contribution in [0.1, 0.15) is 28.5 Å². The van der Waals surface area contributed by atoms with Crippen LogP contribution in [0.15, 0.2) is 60.7 Å². The number of fused-ring (bicyclic) bond motifs is 2. The minimum Gasteiger partial charge on any atom is -0.492 e. The van der Waals surface area contributed by atoms with Gasteiger partial charge in [-0.25, -0.2) is 0 Å². The summed E-state index contributed by atoms with van der Waals surface area (Å²) >= 11 is 0. The highest BCUT2D eigenvalue weighted by Crippen LogP contribution is 2.33. The van der Waals surface area contributed by atoms with Gasteiger partial charge in [0.2, 0.25) is 0 Å². The largest absolute Gasteiger partial charge is 0.492 e. The topological polar surface area (TPSA) is 57.2 Å². The second-order valence-electron chi connectivity index (χ2n) is 6.27. The van der Waals surface area contributed by atoms with Gasteiger partial charge in [-0.3, -0.25) is 9.47 Å². The average Bonchev–Trinajstić information content (AvgIpc) is 2.92. The van der Waals surface area contributed by atoms with Crippen LogP contribution < -0.4 is 10.6 Å². The van der Waals surface area contributed by atoms with Crippen molar-refractivity contribution < 1.29 is 9.53 Å². The Labute approximate surface area is 151 Å². The summed E-state index contributed by atoms with van der Waals surface area (Å²) in [6.07, 6.45) is 0. The van der Waals surface area contributed by atoms with Gasteiger partial charge >= 0.3 is 0 Å². The fourth-order valence-electron chi connectivity index (χ4n) is 3.57. The Balaban J connectivity index is 1.98. The van der Waals surface area contributed by atoms with E-state index in [1.54, 1.807) is 4.68 Å². The molecule has 0 unspecified atom stereocenters. The van der Waals surface area contributed by atoms with E-state index in [-0.39, 0.29) is 5.78 Å². The van der Waals surface area contributed by atoms with Crippen molar-refractivity contribution in [1.29, 1.82) is 0 Å². The van der Waals surface area contributed by atoms with Crippen LogP contribution in [0.5, 0.6) is 5.75 Å². The third-order valence-corrected chi connectivity index (χ3v) is 4.79. The third kappa shape index (κ3) is 2.34. The van der Waals surface area contributed by atoms with Crippen LogP contribution in [-0.4, -0.2) is 17.1 Å². The highest BCUT2D eigenvalue weighted by Gasteiger charge is 2.23. The number of nitrogen functional groups attached to an aromatic ring is 1. The molecule has 0 fully saturated rings. The van der Waals surface area contributed by atoms with Crippen molar-refractivity contribution in [3.05, 3.63) is 77.5 Å². The first-order chi connectivity index (χ1) is 12.6. The number of ketones is 1. The Morgan fingerprint density at radius 3 is 2.50 bits per heavy atom. The molecule has 130 valence electrons. The number of ether oxygens (including phenoxy) is 1. The van der Waals surface area contributed by atoms with Crippen LogP contribution in [0.25, 0.3) is 21.7 Å². The predicted molar refractivity (Wildman–Crippen MR) is 105 cm³/mol. The fourth-order valence-corrected chi connectivity index (χ4v) is 3.57. The summed E-state index contributed by atoms with van der Waals surface area (Å²) in [5.41, 5.74) is 2.78. The highest BCUT2D eigenvalue weighted by molar-refractivity contribution is 6.22. The van der Waals surface area contributed by atoms with Gasteiger partial charge in [0, 0.05) is 16.6 Å². The van der Waals surface area contributed by atoms with Crippen molar-refractivity contribution in [3.63, 3.8) is 0 Å². The molecule has 1 aromatic heterocycles. The SMILES string of the molecule is CCOc1cccc2c(C(=O)c3cccc4ccccc34)c(C)n(N)c12. The molecule has 4 nitrogen and oxygen atoms in total. The van der Waals surface area contributed by atoms with Gasteiger partial charge in [-0.05, 0) is 30.7 Å². The monoisotopic (exact) mass is 344 g/mol. The van der Waals surface area contributed by atoms with E-state index in [0.29, 0.717) is 23.5 Å². The number of carbonyl (C=O) groups excluding carboxylic acids is 1. The molecular formula is C22H20N2O2. The van der Waals surface area contributed by atoms with Crippen LogP contribution in [0.3, 0.4) is 0 Å². The Kier molecular flexibility index (Phi) is 3.88. The number of aromatic nitrogens is 1. The number of hydrogen-bond acceptors (Lipinski definition) is 3. The lowest BCUT2D eigenvalue weighted by Gasteiger charge is -2.07. The van der Waals surface area contributed by atoms with E-state index >= 15 is 0 Å². The minimum atomic E-state index is -0.0258. The molecule has 0 amide bonds. The van der Waals surface area contributed by atoms with Gasteiger partial charge in [0.1, 0.15) is 11.3 Å². The first-order valence-corrected chi connectivity index (χ1v) is 8.67. The van der Waals surface area contributed by atoms with Gasteiger partial charge < -0.3 is 10.6 Å². The molecule has 0 radical (unpaired) electrons. The molecule has 2 N–H and O–H groups in total. The van der Waals surface area contributed by atoms with Gasteiger partial charge in [0.15, 0.2) is 5.78 Å². The van der Waals surface area contributed by atoms with Crippen LogP contribution in [0, 0.1) is 6.92 Å². The summed E-state index contributed by atoms with van der Waals surface area (Å²) in [7, 11) is 0. The number of para-hydroxylation sites is 1. The Hall–Kier alpha value is -3.27. The maximum absolute atomic E-state index is 13.5. The standard InChI is InChI=1S/C22H20N2O2/c1-3-26-19-13-7-12-18-20(14(2)24(23)21(18)19)22(25)17-11-6-9-15-8-4-5-10-16(15)17/h4-13H,3,23H2,1-2H3. The molecule has 0 spiro atoms. The molecule has 4 aromatic rings. The maximum atomic E-state index is 13.5. The number of benzene rings is 3. The predicted octanol–water partition coefficient (Wildman–Crippen LogP) is 4.45. The second kappa shape index (κ2) is 6.23. The lowest BCUT2D eigenvalue weighted by atomic mass is 9.95. The van der Waals surface area contributed by atoms with Gasteiger partial charge in [0.25, 0.3) is 0 Å². The zero-order valence-electron chi connectivity index (χ0n) is 14.8. The molecule has 4 rings (SSSR count). The molecule has 0 aliphatic carbocycles. The molecule has 0 saturated heterocycles. The quantitative estimate of drug-likeness (QED) is 0.440. The van der Waals surface area contributed by atoms with Crippen LogP contribution in [0.2, 0.25) is 0 Å². The van der Waals surface area contributed by atoms with E-state index in [4.69, 9.17) is 10.6 Å². The van der Waals surface area contributed by atoms with E-state index < -0.39 is 0 Å². The maximum Gasteiger partial charge on any atom is 0.196 e. The smallest absolute Gasteiger partial charge is 0.196 e. The molecule has 0 aliphatic rings. The molecule has 0 atom stereocenters. The summed E-state index contributed by atoms with van der Waals surface area (Å²) in [6, 6.07) is 19.4. The molecule has 3 aromatic carbocycles. The van der Waals surface area contributed by atoms with Crippen molar-refractivity contribution in [2.75, 3.05) is 12.4 Å². The van der Waals surface area contributed by atoms with Gasteiger partial charge in [-0.2, -0.15) is 0 Å². The number of hydrogen-bond donors (Lipinski definition) is 1. The number of nitrogens with zero attached hydrogens (tertiary/aromatic N) is 1. The van der Waals surface area contributed by atoms with Crippen molar-refractivity contribution in [1.82, 2.24) is 4.68 Å². The summed E-state index contributed by atoms with van der Waals surface area (Å²) in [6.45, 7) is 4.34. The average molecular weight is 344 g/mol. The third-order valence-electron chi connectivity index (χ3n) is 4.79. The first kappa shape index (κ1) is 16.2. The Morgan fingerprint density at radius 2 is 1.69 bits per heavy atom. The molecule has 26 heavy (non-hydrogen) atoms. The lowest BCUT2D eigenvalue weighted by Crippen LogP contribution is -2.12. The molecule has 4 heteroatoms. The number of nitrogens with two attached hydrogens (primary N) is 1. The van der Waals surface area contributed by atoms with Crippen LogP contribution >= 0.6 is 0 Å². The highest BCUT2D eigenvalue weighted by atomic mass is 16.5. The zero-order chi connectivity index (χ0) is 18.3. The minimum absolute atomic E-state index is 0.0258. The van der Waals surface area contributed by atoms with Gasteiger partial charge in [0.05, 0.1) is 12.2 Å². The van der Waals surface area contributed by atoms with E-state index in [1.165, 1.54) is 0 Å². The molecular weight excluding hydrogens is 324 g/mol.